The number of carbonyl (C=O) groups excluding carboxylic acids is 1. The standard InChI is InChI=1S/C17H24N4O4/c22-13-9-12(10-13)17(23)21-5-8-25-11-14(21)16-18-2-1-15(19-16)20-3-6-24-7-4-20/h1-2,12-14,22H,3-11H2. The molecule has 1 N–H and O–H groups in total. The van der Waals surface area contributed by atoms with Crippen LogP contribution in [0.5, 0.6) is 0 Å². The summed E-state index contributed by atoms with van der Waals surface area (Å²) in [4.78, 5) is 25.9. The second-order valence-electron chi connectivity index (χ2n) is 6.82. The van der Waals surface area contributed by atoms with E-state index in [0.717, 1.165) is 18.9 Å². The van der Waals surface area contributed by atoms with Gasteiger partial charge in [-0.3, -0.25) is 4.79 Å². The molecule has 0 radical (unpaired) electrons. The zero-order chi connectivity index (χ0) is 17.2. The predicted molar refractivity (Wildman–Crippen MR) is 89.1 cm³/mol. The van der Waals surface area contributed by atoms with Gasteiger partial charge in [-0.05, 0) is 18.9 Å². The SMILES string of the molecule is O=C(C1CC(O)C1)N1CCOCC1c1nccc(N2CCOCC2)n1. The topological polar surface area (TPSA) is 88.0 Å². The number of nitrogens with zero attached hydrogens (tertiary/aromatic N) is 4. The molecule has 3 heterocycles. The van der Waals surface area contributed by atoms with Crippen LogP contribution >= 0.6 is 0 Å². The van der Waals surface area contributed by atoms with E-state index in [2.05, 4.69) is 9.88 Å². The normalized spacial score (nSPS) is 30.0. The highest BCUT2D eigenvalue weighted by Gasteiger charge is 2.40. The van der Waals surface area contributed by atoms with Crippen LogP contribution in [0, 0.1) is 5.92 Å². The Morgan fingerprint density at radius 3 is 2.68 bits per heavy atom. The summed E-state index contributed by atoms with van der Waals surface area (Å²) in [5.41, 5.74) is 0. The van der Waals surface area contributed by atoms with Crippen LogP contribution < -0.4 is 4.90 Å². The van der Waals surface area contributed by atoms with Gasteiger partial charge in [0.2, 0.25) is 5.91 Å². The van der Waals surface area contributed by atoms with Gasteiger partial charge in [-0.25, -0.2) is 9.97 Å². The molecule has 1 amide bonds. The second-order valence-corrected chi connectivity index (χ2v) is 6.82. The van der Waals surface area contributed by atoms with E-state index in [1.807, 2.05) is 11.0 Å². The van der Waals surface area contributed by atoms with Crippen molar-refractivity contribution in [3.05, 3.63) is 18.1 Å². The minimum absolute atomic E-state index is 0.0824. The Labute approximate surface area is 146 Å². The van der Waals surface area contributed by atoms with Gasteiger partial charge in [-0.1, -0.05) is 0 Å². The van der Waals surface area contributed by atoms with E-state index in [1.54, 1.807) is 6.20 Å². The molecule has 2 saturated heterocycles. The lowest BCUT2D eigenvalue weighted by molar-refractivity contribution is -0.151. The van der Waals surface area contributed by atoms with Gasteiger partial charge in [0.25, 0.3) is 0 Å². The number of ether oxygens (including phenoxy) is 2. The van der Waals surface area contributed by atoms with Crippen LogP contribution in [-0.4, -0.2) is 78.0 Å². The largest absolute Gasteiger partial charge is 0.393 e. The maximum absolute atomic E-state index is 12.8. The number of aliphatic hydroxyl groups is 1. The molecule has 136 valence electrons. The van der Waals surface area contributed by atoms with E-state index >= 15 is 0 Å². The maximum atomic E-state index is 12.8. The lowest BCUT2D eigenvalue weighted by Crippen LogP contribution is -2.50. The van der Waals surface area contributed by atoms with Gasteiger partial charge in [-0.15, -0.1) is 0 Å². The molecule has 8 nitrogen and oxygen atoms in total. The van der Waals surface area contributed by atoms with Crippen molar-refractivity contribution in [2.24, 2.45) is 5.92 Å². The number of anilines is 1. The lowest BCUT2D eigenvalue weighted by Gasteiger charge is -2.40. The van der Waals surface area contributed by atoms with E-state index in [-0.39, 0.29) is 24.0 Å². The number of amides is 1. The summed E-state index contributed by atoms with van der Waals surface area (Å²) >= 11 is 0. The first-order valence-electron chi connectivity index (χ1n) is 8.94. The van der Waals surface area contributed by atoms with Gasteiger partial charge in [0, 0.05) is 31.7 Å². The molecule has 4 rings (SSSR count). The molecule has 1 aromatic heterocycles. The molecule has 1 saturated carbocycles. The van der Waals surface area contributed by atoms with E-state index in [1.165, 1.54) is 0 Å². The predicted octanol–water partition coefficient (Wildman–Crippen LogP) is -0.0160. The van der Waals surface area contributed by atoms with E-state index in [9.17, 15) is 9.90 Å². The summed E-state index contributed by atoms with van der Waals surface area (Å²) in [5.74, 6) is 1.49. The van der Waals surface area contributed by atoms with Crippen molar-refractivity contribution >= 4 is 11.7 Å². The number of aromatic nitrogens is 2. The second kappa shape index (κ2) is 7.23. The van der Waals surface area contributed by atoms with Gasteiger partial charge in [-0.2, -0.15) is 0 Å². The van der Waals surface area contributed by atoms with Crippen molar-refractivity contribution in [1.29, 1.82) is 0 Å². The fourth-order valence-corrected chi connectivity index (χ4v) is 3.60. The van der Waals surface area contributed by atoms with Crippen LogP contribution in [0.25, 0.3) is 0 Å². The van der Waals surface area contributed by atoms with E-state index in [4.69, 9.17) is 14.5 Å². The van der Waals surface area contributed by atoms with Crippen molar-refractivity contribution in [2.75, 3.05) is 51.0 Å². The monoisotopic (exact) mass is 348 g/mol. The fraction of sp³-hybridized carbons (Fsp3) is 0.706. The third-order valence-corrected chi connectivity index (χ3v) is 5.17. The molecule has 8 heteroatoms. The fourth-order valence-electron chi connectivity index (χ4n) is 3.60. The highest BCUT2D eigenvalue weighted by atomic mass is 16.5. The molecule has 3 fully saturated rings. The van der Waals surface area contributed by atoms with Gasteiger partial charge >= 0.3 is 0 Å². The van der Waals surface area contributed by atoms with Crippen LogP contribution in [-0.2, 0) is 14.3 Å². The van der Waals surface area contributed by atoms with Crippen molar-refractivity contribution in [3.63, 3.8) is 0 Å². The van der Waals surface area contributed by atoms with Crippen LogP contribution in [0.1, 0.15) is 24.7 Å². The number of aliphatic hydroxyl groups excluding tert-OH is 1. The van der Waals surface area contributed by atoms with Gasteiger partial charge < -0.3 is 24.4 Å². The van der Waals surface area contributed by atoms with Crippen LogP contribution in [0.3, 0.4) is 0 Å². The Morgan fingerprint density at radius 1 is 1.16 bits per heavy atom. The van der Waals surface area contributed by atoms with Gasteiger partial charge in [0.1, 0.15) is 11.9 Å². The quantitative estimate of drug-likeness (QED) is 0.821. The highest BCUT2D eigenvalue weighted by Crippen LogP contribution is 2.33. The average Bonchev–Trinajstić information content (AvgIpc) is 2.66. The summed E-state index contributed by atoms with van der Waals surface area (Å²) in [6, 6.07) is 1.63. The highest BCUT2D eigenvalue weighted by molar-refractivity contribution is 5.80. The number of carbonyl (C=O) groups is 1. The Balaban J connectivity index is 1.52. The zero-order valence-corrected chi connectivity index (χ0v) is 14.2. The summed E-state index contributed by atoms with van der Waals surface area (Å²) < 4.78 is 11.0. The number of rotatable bonds is 3. The minimum Gasteiger partial charge on any atom is -0.393 e. The molecule has 0 bridgehead atoms. The summed E-state index contributed by atoms with van der Waals surface area (Å²) in [7, 11) is 0. The Bertz CT molecular complexity index is 616. The number of hydrogen-bond acceptors (Lipinski definition) is 7. The summed E-state index contributed by atoms with van der Waals surface area (Å²) in [5, 5.41) is 9.49. The van der Waals surface area contributed by atoms with Crippen LogP contribution in [0.2, 0.25) is 0 Å². The molecule has 25 heavy (non-hydrogen) atoms. The van der Waals surface area contributed by atoms with Crippen molar-refractivity contribution in [2.45, 2.75) is 25.0 Å². The van der Waals surface area contributed by atoms with Gasteiger partial charge in [0.05, 0.1) is 32.5 Å². The molecule has 3 aliphatic rings. The van der Waals surface area contributed by atoms with Gasteiger partial charge in [0.15, 0.2) is 5.82 Å². The third kappa shape index (κ3) is 3.47. The first-order valence-corrected chi connectivity index (χ1v) is 8.94. The summed E-state index contributed by atoms with van der Waals surface area (Å²) in [6.45, 7) is 4.48. The molecule has 2 aliphatic heterocycles. The molecule has 1 aromatic rings. The van der Waals surface area contributed by atoms with Crippen molar-refractivity contribution in [1.82, 2.24) is 14.9 Å². The van der Waals surface area contributed by atoms with Crippen molar-refractivity contribution in [3.8, 4) is 0 Å². The van der Waals surface area contributed by atoms with Crippen molar-refractivity contribution < 1.29 is 19.4 Å². The smallest absolute Gasteiger partial charge is 0.226 e. The molecule has 1 aliphatic carbocycles. The Morgan fingerprint density at radius 2 is 1.92 bits per heavy atom. The molecular formula is C17H24N4O4. The first-order chi connectivity index (χ1) is 12.2. The lowest BCUT2D eigenvalue weighted by atomic mass is 9.81. The molecular weight excluding hydrogens is 324 g/mol. The first kappa shape index (κ1) is 16.7. The van der Waals surface area contributed by atoms with E-state index in [0.29, 0.717) is 51.6 Å². The average molecular weight is 348 g/mol. The molecule has 1 atom stereocenters. The van der Waals surface area contributed by atoms with E-state index < -0.39 is 0 Å². The number of morpholine rings is 2. The zero-order valence-electron chi connectivity index (χ0n) is 14.2. The third-order valence-electron chi connectivity index (χ3n) is 5.17. The number of hydrogen-bond donors (Lipinski definition) is 1. The Kier molecular flexibility index (Phi) is 4.82. The minimum atomic E-state index is -0.339. The molecule has 1 unspecified atom stereocenters. The molecule has 0 aromatic carbocycles. The summed E-state index contributed by atoms with van der Waals surface area (Å²) in [6.07, 6.45) is 2.52. The van der Waals surface area contributed by atoms with Crippen LogP contribution in [0.15, 0.2) is 12.3 Å². The Hall–Kier alpha value is -1.77. The van der Waals surface area contributed by atoms with Crippen LogP contribution in [0.4, 0.5) is 5.82 Å². The molecule has 0 spiro atoms. The maximum Gasteiger partial charge on any atom is 0.226 e.